The molecule has 0 spiro atoms. The Morgan fingerprint density at radius 2 is 2.00 bits per heavy atom. The van der Waals surface area contributed by atoms with Crippen LogP contribution in [0.4, 0.5) is 4.39 Å². The van der Waals surface area contributed by atoms with Crippen LogP contribution in [0.5, 0.6) is 5.75 Å². The Hall–Kier alpha value is -2.49. The molecule has 20 heavy (non-hydrogen) atoms. The highest BCUT2D eigenvalue weighted by molar-refractivity contribution is 5.82. The molecule has 2 heterocycles. The minimum Gasteiger partial charge on any atom is -0.487 e. The molecule has 0 atom stereocenters. The molecule has 0 amide bonds. The highest BCUT2D eigenvalue weighted by Crippen LogP contribution is 2.20. The molecule has 0 bridgehead atoms. The van der Waals surface area contributed by atoms with Gasteiger partial charge in [-0.15, -0.1) is 0 Å². The molecule has 2 aromatic heterocycles. The van der Waals surface area contributed by atoms with E-state index in [4.69, 9.17) is 4.74 Å². The Balaban J connectivity index is 1.88. The van der Waals surface area contributed by atoms with Crippen LogP contribution >= 0.6 is 0 Å². The molecule has 4 heteroatoms. The fourth-order valence-electron chi connectivity index (χ4n) is 2.12. The first-order valence-corrected chi connectivity index (χ1v) is 6.32. The van der Waals surface area contributed by atoms with Crippen molar-refractivity contribution in [2.24, 2.45) is 0 Å². The number of benzene rings is 1. The fourth-order valence-corrected chi connectivity index (χ4v) is 2.12. The molecular formula is C16H13FN2O. The van der Waals surface area contributed by atoms with Crippen molar-refractivity contribution in [3.8, 4) is 5.75 Å². The lowest BCUT2D eigenvalue weighted by Crippen LogP contribution is -1.99. The number of ether oxygens (including phenoxy) is 1. The number of nitrogens with zero attached hydrogens (tertiary/aromatic N) is 2. The zero-order valence-corrected chi connectivity index (χ0v) is 11.0. The first-order valence-electron chi connectivity index (χ1n) is 6.32. The third-order valence-electron chi connectivity index (χ3n) is 3.02. The van der Waals surface area contributed by atoms with Gasteiger partial charge < -0.3 is 4.74 Å². The summed E-state index contributed by atoms with van der Waals surface area (Å²) in [6, 6.07) is 12.8. The molecule has 0 aliphatic rings. The SMILES string of the molecule is Cc1cc(COc2ccc(F)nc2)c2ccccc2n1. The molecule has 0 aliphatic heterocycles. The van der Waals surface area contributed by atoms with Gasteiger partial charge in [-0.25, -0.2) is 4.98 Å². The van der Waals surface area contributed by atoms with Crippen molar-refractivity contribution in [1.82, 2.24) is 9.97 Å². The van der Waals surface area contributed by atoms with E-state index in [0.717, 1.165) is 22.2 Å². The van der Waals surface area contributed by atoms with Gasteiger partial charge in [-0.2, -0.15) is 4.39 Å². The highest BCUT2D eigenvalue weighted by Gasteiger charge is 2.05. The number of hydrogen-bond acceptors (Lipinski definition) is 3. The molecule has 0 fully saturated rings. The van der Waals surface area contributed by atoms with Crippen LogP contribution in [0, 0.1) is 12.9 Å². The standard InChI is InChI=1S/C16H13FN2O/c1-11-8-12(14-4-2-3-5-15(14)19-11)10-20-13-6-7-16(17)18-9-13/h2-9H,10H2,1H3. The summed E-state index contributed by atoms with van der Waals surface area (Å²) in [6.45, 7) is 2.35. The molecule has 0 aliphatic carbocycles. The molecular weight excluding hydrogens is 255 g/mol. The Morgan fingerprint density at radius 1 is 1.15 bits per heavy atom. The van der Waals surface area contributed by atoms with Gasteiger partial charge in [0.1, 0.15) is 12.4 Å². The van der Waals surface area contributed by atoms with Gasteiger partial charge >= 0.3 is 0 Å². The summed E-state index contributed by atoms with van der Waals surface area (Å²) in [4.78, 5) is 8.05. The van der Waals surface area contributed by atoms with E-state index in [1.54, 1.807) is 6.07 Å². The maximum atomic E-state index is 12.7. The Labute approximate surface area is 116 Å². The Morgan fingerprint density at radius 3 is 2.80 bits per heavy atom. The third-order valence-corrected chi connectivity index (χ3v) is 3.02. The lowest BCUT2D eigenvalue weighted by molar-refractivity contribution is 0.305. The monoisotopic (exact) mass is 268 g/mol. The van der Waals surface area contributed by atoms with Crippen LogP contribution in [0.25, 0.3) is 10.9 Å². The molecule has 100 valence electrons. The summed E-state index contributed by atoms with van der Waals surface area (Å²) in [5, 5.41) is 1.06. The maximum Gasteiger partial charge on any atom is 0.213 e. The second kappa shape index (κ2) is 5.25. The number of halogens is 1. The summed E-state index contributed by atoms with van der Waals surface area (Å²) < 4.78 is 18.4. The van der Waals surface area contributed by atoms with E-state index in [1.165, 1.54) is 12.3 Å². The van der Waals surface area contributed by atoms with E-state index >= 15 is 0 Å². The lowest BCUT2D eigenvalue weighted by Gasteiger charge is -2.09. The molecule has 0 radical (unpaired) electrons. The van der Waals surface area contributed by atoms with E-state index in [-0.39, 0.29) is 0 Å². The third kappa shape index (κ3) is 2.59. The van der Waals surface area contributed by atoms with Gasteiger partial charge in [0.15, 0.2) is 0 Å². The van der Waals surface area contributed by atoms with Gasteiger partial charge in [0.05, 0.1) is 11.7 Å². The average Bonchev–Trinajstić information content (AvgIpc) is 2.46. The molecule has 0 N–H and O–H groups in total. The van der Waals surface area contributed by atoms with Crippen molar-refractivity contribution in [1.29, 1.82) is 0 Å². The van der Waals surface area contributed by atoms with Crippen molar-refractivity contribution < 1.29 is 9.13 Å². The molecule has 0 saturated heterocycles. The van der Waals surface area contributed by atoms with Crippen LogP contribution in [0.3, 0.4) is 0 Å². The number of hydrogen-bond donors (Lipinski definition) is 0. The lowest BCUT2D eigenvalue weighted by atomic mass is 10.1. The van der Waals surface area contributed by atoms with Gasteiger partial charge in [0.2, 0.25) is 5.95 Å². The summed E-state index contributed by atoms with van der Waals surface area (Å²) in [7, 11) is 0. The topological polar surface area (TPSA) is 35.0 Å². The van der Waals surface area contributed by atoms with Crippen LogP contribution in [0.15, 0.2) is 48.7 Å². The molecule has 0 unspecified atom stereocenters. The minimum absolute atomic E-state index is 0.400. The largest absolute Gasteiger partial charge is 0.487 e. The van der Waals surface area contributed by atoms with Gasteiger partial charge in [-0.1, -0.05) is 18.2 Å². The van der Waals surface area contributed by atoms with Gasteiger partial charge in [-0.3, -0.25) is 4.98 Å². The molecule has 1 aromatic carbocycles. The van der Waals surface area contributed by atoms with Crippen molar-refractivity contribution >= 4 is 10.9 Å². The highest BCUT2D eigenvalue weighted by atomic mass is 19.1. The van der Waals surface area contributed by atoms with Crippen molar-refractivity contribution in [2.45, 2.75) is 13.5 Å². The normalized spacial score (nSPS) is 10.7. The molecule has 3 aromatic rings. The van der Waals surface area contributed by atoms with E-state index < -0.39 is 5.95 Å². The summed E-state index contributed by atoms with van der Waals surface area (Å²) in [5.74, 6) is 0.0347. The van der Waals surface area contributed by atoms with Crippen LogP contribution in [-0.2, 0) is 6.61 Å². The van der Waals surface area contributed by atoms with Crippen molar-refractivity contribution in [2.75, 3.05) is 0 Å². The molecule has 0 saturated carbocycles. The number of aromatic nitrogens is 2. The van der Waals surface area contributed by atoms with Crippen LogP contribution < -0.4 is 4.74 Å². The number of pyridine rings is 2. The summed E-state index contributed by atoms with van der Waals surface area (Å²) in [5.41, 5.74) is 2.94. The number of fused-ring (bicyclic) bond motifs is 1. The van der Waals surface area contributed by atoms with E-state index in [9.17, 15) is 4.39 Å². The average molecular weight is 268 g/mol. The minimum atomic E-state index is -0.512. The predicted octanol–water partition coefficient (Wildman–Crippen LogP) is 3.66. The maximum absolute atomic E-state index is 12.7. The van der Waals surface area contributed by atoms with Crippen molar-refractivity contribution in [3.63, 3.8) is 0 Å². The number of rotatable bonds is 3. The quantitative estimate of drug-likeness (QED) is 0.680. The van der Waals surface area contributed by atoms with Gasteiger partial charge in [0.25, 0.3) is 0 Å². The smallest absolute Gasteiger partial charge is 0.213 e. The number of aryl methyl sites for hydroxylation is 1. The number of para-hydroxylation sites is 1. The van der Waals surface area contributed by atoms with Gasteiger partial charge in [0, 0.05) is 16.6 Å². The zero-order chi connectivity index (χ0) is 13.9. The summed E-state index contributed by atoms with van der Waals surface area (Å²) in [6.07, 6.45) is 1.38. The van der Waals surface area contributed by atoms with Crippen LogP contribution in [-0.4, -0.2) is 9.97 Å². The van der Waals surface area contributed by atoms with Crippen LogP contribution in [0.1, 0.15) is 11.3 Å². The summed E-state index contributed by atoms with van der Waals surface area (Å²) >= 11 is 0. The van der Waals surface area contributed by atoms with E-state index in [2.05, 4.69) is 9.97 Å². The second-order valence-electron chi connectivity index (χ2n) is 4.55. The van der Waals surface area contributed by atoms with E-state index in [0.29, 0.717) is 12.4 Å². The second-order valence-corrected chi connectivity index (χ2v) is 4.55. The first kappa shape index (κ1) is 12.5. The predicted molar refractivity (Wildman–Crippen MR) is 75.0 cm³/mol. The van der Waals surface area contributed by atoms with Gasteiger partial charge in [-0.05, 0) is 31.2 Å². The van der Waals surface area contributed by atoms with Crippen LogP contribution in [0.2, 0.25) is 0 Å². The fraction of sp³-hybridized carbons (Fsp3) is 0.125. The van der Waals surface area contributed by atoms with Crippen molar-refractivity contribution in [3.05, 3.63) is 65.9 Å². The Kier molecular flexibility index (Phi) is 3.29. The zero-order valence-electron chi connectivity index (χ0n) is 11.0. The molecule has 3 nitrogen and oxygen atoms in total. The Bertz CT molecular complexity index is 741. The first-order chi connectivity index (χ1) is 9.72. The van der Waals surface area contributed by atoms with E-state index in [1.807, 2.05) is 37.3 Å². The molecule has 3 rings (SSSR count).